The van der Waals surface area contributed by atoms with Crippen molar-refractivity contribution in [1.29, 1.82) is 0 Å². The van der Waals surface area contributed by atoms with E-state index in [4.69, 9.17) is 9.47 Å². The van der Waals surface area contributed by atoms with Crippen LogP contribution in [0.2, 0.25) is 0 Å². The number of phenols is 1. The van der Waals surface area contributed by atoms with Gasteiger partial charge in [-0.3, -0.25) is 4.98 Å². The molecule has 4 rings (SSSR count). The number of methoxy groups -OCH3 is 2. The number of ether oxygens (including phenoxy) is 2. The Balaban J connectivity index is 1.78. The molecule has 0 bridgehead atoms. The number of pyridine rings is 1. The molecule has 4 heteroatoms. The van der Waals surface area contributed by atoms with Crippen molar-refractivity contribution in [1.82, 2.24) is 4.98 Å². The van der Waals surface area contributed by atoms with Crippen molar-refractivity contribution in [2.45, 2.75) is 6.42 Å². The third-order valence-electron chi connectivity index (χ3n) is 4.63. The van der Waals surface area contributed by atoms with Gasteiger partial charge in [0.1, 0.15) is 5.75 Å². The molecular formula is C22H19NO3. The maximum absolute atomic E-state index is 9.61. The summed E-state index contributed by atoms with van der Waals surface area (Å²) in [5.41, 5.74) is 2.31. The second-order valence-electron chi connectivity index (χ2n) is 6.27. The lowest BCUT2D eigenvalue weighted by Gasteiger charge is -2.12. The Kier molecular flexibility index (Phi) is 4.09. The first kappa shape index (κ1) is 16.2. The normalized spacial score (nSPS) is 11.0. The van der Waals surface area contributed by atoms with Crippen LogP contribution in [0.25, 0.3) is 21.5 Å². The average Bonchev–Trinajstić information content (AvgIpc) is 2.67. The van der Waals surface area contributed by atoms with Crippen LogP contribution in [0, 0.1) is 0 Å². The zero-order chi connectivity index (χ0) is 18.1. The van der Waals surface area contributed by atoms with Gasteiger partial charge in [0.25, 0.3) is 0 Å². The Morgan fingerprint density at radius 3 is 2.35 bits per heavy atom. The SMILES string of the molecule is COc1cc2cncc(Cc3ccc4cc(O)ccc4c3)c2cc1OC. The second kappa shape index (κ2) is 6.56. The molecule has 4 aromatic rings. The van der Waals surface area contributed by atoms with Crippen molar-refractivity contribution in [2.75, 3.05) is 14.2 Å². The molecule has 130 valence electrons. The van der Waals surface area contributed by atoms with Crippen molar-refractivity contribution in [2.24, 2.45) is 0 Å². The molecule has 3 aromatic carbocycles. The highest BCUT2D eigenvalue weighted by atomic mass is 16.5. The smallest absolute Gasteiger partial charge is 0.161 e. The van der Waals surface area contributed by atoms with Gasteiger partial charge in [-0.1, -0.05) is 24.3 Å². The van der Waals surface area contributed by atoms with Crippen LogP contribution < -0.4 is 9.47 Å². The zero-order valence-corrected chi connectivity index (χ0v) is 14.7. The Labute approximate surface area is 151 Å². The first-order chi connectivity index (χ1) is 12.7. The highest BCUT2D eigenvalue weighted by Crippen LogP contribution is 2.34. The summed E-state index contributed by atoms with van der Waals surface area (Å²) in [5, 5.41) is 13.9. The molecule has 4 nitrogen and oxygen atoms in total. The van der Waals surface area contributed by atoms with Gasteiger partial charge in [-0.15, -0.1) is 0 Å². The quantitative estimate of drug-likeness (QED) is 0.582. The minimum atomic E-state index is 0.282. The molecule has 0 aliphatic rings. The molecule has 0 amide bonds. The van der Waals surface area contributed by atoms with Gasteiger partial charge in [0.2, 0.25) is 0 Å². The Morgan fingerprint density at radius 1 is 0.808 bits per heavy atom. The minimum Gasteiger partial charge on any atom is -0.508 e. The topological polar surface area (TPSA) is 51.6 Å². The lowest BCUT2D eigenvalue weighted by atomic mass is 9.98. The summed E-state index contributed by atoms with van der Waals surface area (Å²) in [6, 6.07) is 15.6. The average molecular weight is 345 g/mol. The third kappa shape index (κ3) is 2.90. The summed E-state index contributed by atoms with van der Waals surface area (Å²) in [6.45, 7) is 0. The number of rotatable bonds is 4. The van der Waals surface area contributed by atoms with Gasteiger partial charge in [0.05, 0.1) is 14.2 Å². The van der Waals surface area contributed by atoms with Crippen molar-refractivity contribution in [3.63, 3.8) is 0 Å². The molecule has 0 unspecified atom stereocenters. The number of aromatic hydroxyl groups is 1. The summed E-state index contributed by atoms with van der Waals surface area (Å²) < 4.78 is 10.8. The molecule has 1 aromatic heterocycles. The van der Waals surface area contributed by atoms with Crippen LogP contribution in [0.4, 0.5) is 0 Å². The predicted molar refractivity (Wildman–Crippen MR) is 103 cm³/mol. The molecule has 0 atom stereocenters. The molecule has 0 saturated carbocycles. The van der Waals surface area contributed by atoms with E-state index in [0.717, 1.165) is 33.5 Å². The monoisotopic (exact) mass is 345 g/mol. The van der Waals surface area contributed by atoms with E-state index in [2.05, 4.69) is 17.1 Å². The van der Waals surface area contributed by atoms with Crippen LogP contribution in [-0.4, -0.2) is 24.3 Å². The van der Waals surface area contributed by atoms with E-state index in [0.29, 0.717) is 11.5 Å². The van der Waals surface area contributed by atoms with Crippen LogP contribution in [0.15, 0.2) is 60.9 Å². The molecule has 0 fully saturated rings. The maximum Gasteiger partial charge on any atom is 0.161 e. The van der Waals surface area contributed by atoms with E-state index < -0.39 is 0 Å². The predicted octanol–water partition coefficient (Wildman–Crippen LogP) is 4.70. The number of hydrogen-bond donors (Lipinski definition) is 1. The maximum atomic E-state index is 9.61. The third-order valence-corrected chi connectivity index (χ3v) is 4.63. The fourth-order valence-corrected chi connectivity index (χ4v) is 3.31. The summed E-state index contributed by atoms with van der Waals surface area (Å²) in [6.07, 6.45) is 4.50. The van der Waals surface area contributed by atoms with Crippen LogP contribution >= 0.6 is 0 Å². The lowest BCUT2D eigenvalue weighted by Crippen LogP contribution is -1.95. The molecule has 0 aliphatic carbocycles. The molecule has 0 aliphatic heterocycles. The lowest BCUT2D eigenvalue weighted by molar-refractivity contribution is 0.356. The molecule has 0 saturated heterocycles. The Bertz CT molecular complexity index is 1110. The zero-order valence-electron chi connectivity index (χ0n) is 14.7. The van der Waals surface area contributed by atoms with E-state index in [-0.39, 0.29) is 5.75 Å². The molecule has 0 radical (unpaired) electrons. The van der Waals surface area contributed by atoms with Gasteiger partial charge in [0, 0.05) is 17.8 Å². The van der Waals surface area contributed by atoms with E-state index in [9.17, 15) is 5.11 Å². The summed E-state index contributed by atoms with van der Waals surface area (Å²) in [4.78, 5) is 4.38. The number of benzene rings is 3. The number of phenolic OH excluding ortho intramolecular Hbond substituents is 1. The van der Waals surface area contributed by atoms with Crippen molar-refractivity contribution >= 4 is 21.5 Å². The summed E-state index contributed by atoms with van der Waals surface area (Å²) in [5.74, 6) is 1.69. The van der Waals surface area contributed by atoms with Gasteiger partial charge >= 0.3 is 0 Å². The van der Waals surface area contributed by atoms with Crippen molar-refractivity contribution in [3.8, 4) is 17.2 Å². The van der Waals surface area contributed by atoms with Crippen molar-refractivity contribution in [3.05, 3.63) is 72.1 Å². The van der Waals surface area contributed by atoms with E-state index in [1.807, 2.05) is 36.7 Å². The molecule has 1 N–H and O–H groups in total. The van der Waals surface area contributed by atoms with Gasteiger partial charge in [-0.2, -0.15) is 0 Å². The minimum absolute atomic E-state index is 0.282. The van der Waals surface area contributed by atoms with Crippen LogP contribution in [0.5, 0.6) is 17.2 Å². The first-order valence-corrected chi connectivity index (χ1v) is 8.38. The summed E-state index contributed by atoms with van der Waals surface area (Å²) >= 11 is 0. The van der Waals surface area contributed by atoms with Gasteiger partial charge in [-0.05, 0) is 58.0 Å². The fraction of sp³-hybridized carbons (Fsp3) is 0.136. The number of aromatic nitrogens is 1. The Morgan fingerprint density at radius 2 is 1.54 bits per heavy atom. The van der Waals surface area contributed by atoms with Crippen LogP contribution in [0.1, 0.15) is 11.1 Å². The highest BCUT2D eigenvalue weighted by molar-refractivity contribution is 5.89. The van der Waals surface area contributed by atoms with Crippen molar-refractivity contribution < 1.29 is 14.6 Å². The van der Waals surface area contributed by atoms with E-state index in [1.165, 1.54) is 5.56 Å². The van der Waals surface area contributed by atoms with E-state index in [1.54, 1.807) is 26.4 Å². The number of hydrogen-bond acceptors (Lipinski definition) is 4. The molecule has 1 heterocycles. The van der Waals surface area contributed by atoms with E-state index >= 15 is 0 Å². The Hall–Kier alpha value is -3.27. The fourth-order valence-electron chi connectivity index (χ4n) is 3.31. The molecular weight excluding hydrogens is 326 g/mol. The first-order valence-electron chi connectivity index (χ1n) is 8.38. The summed E-state index contributed by atoms with van der Waals surface area (Å²) in [7, 11) is 3.27. The van der Waals surface area contributed by atoms with Crippen LogP contribution in [-0.2, 0) is 6.42 Å². The number of nitrogens with zero attached hydrogens (tertiary/aromatic N) is 1. The highest BCUT2D eigenvalue weighted by Gasteiger charge is 2.10. The second-order valence-corrected chi connectivity index (χ2v) is 6.27. The standard InChI is InChI=1S/C22H19NO3/c1-25-21-10-18-13-23-12-17(20(18)11-22(21)26-2)8-14-3-4-16-9-19(24)6-5-15(16)7-14/h3-7,9-13,24H,8H2,1-2H3. The largest absolute Gasteiger partial charge is 0.508 e. The molecule has 26 heavy (non-hydrogen) atoms. The van der Waals surface area contributed by atoms with Gasteiger partial charge in [-0.25, -0.2) is 0 Å². The number of fused-ring (bicyclic) bond motifs is 2. The van der Waals surface area contributed by atoms with Gasteiger partial charge in [0.15, 0.2) is 11.5 Å². The van der Waals surface area contributed by atoms with Gasteiger partial charge < -0.3 is 14.6 Å². The van der Waals surface area contributed by atoms with Crippen LogP contribution in [0.3, 0.4) is 0 Å². The molecule has 0 spiro atoms.